The summed E-state index contributed by atoms with van der Waals surface area (Å²) in [6, 6.07) is 7.24. The molecule has 1 aromatic carbocycles. The molecule has 0 aliphatic heterocycles. The molecule has 1 aromatic heterocycles. The summed E-state index contributed by atoms with van der Waals surface area (Å²) in [4.78, 5) is 17.6. The van der Waals surface area contributed by atoms with Crippen LogP contribution in [0.2, 0.25) is 0 Å². The van der Waals surface area contributed by atoms with Crippen LogP contribution in [0.25, 0.3) is 10.9 Å². The van der Waals surface area contributed by atoms with Gasteiger partial charge in [-0.3, -0.25) is 4.79 Å². The van der Waals surface area contributed by atoms with Crippen LogP contribution in [-0.4, -0.2) is 39.5 Å². The Morgan fingerprint density at radius 1 is 1.25 bits per heavy atom. The van der Waals surface area contributed by atoms with Crippen LogP contribution in [-0.2, 0) is 0 Å². The summed E-state index contributed by atoms with van der Waals surface area (Å²) in [6.45, 7) is 0. The van der Waals surface area contributed by atoms with Gasteiger partial charge in [-0.05, 0) is 12.1 Å². The van der Waals surface area contributed by atoms with Crippen molar-refractivity contribution in [3.63, 3.8) is 0 Å². The average Bonchev–Trinajstić information content (AvgIpc) is 2.06. The molecule has 3 nitrogen and oxygen atoms in total. The molecule has 0 spiro atoms. The summed E-state index contributed by atoms with van der Waals surface area (Å²) in [5.74, 6) is 0. The normalized spacial score (nSPS) is 9.33. The van der Waals surface area contributed by atoms with E-state index in [0.29, 0.717) is 5.39 Å². The summed E-state index contributed by atoms with van der Waals surface area (Å²) in [6.07, 6.45) is 1.41. The van der Waals surface area contributed by atoms with E-state index in [2.05, 4.69) is 9.97 Å². The molecule has 0 saturated heterocycles. The van der Waals surface area contributed by atoms with Crippen LogP contribution in [0.15, 0.2) is 35.4 Å². The van der Waals surface area contributed by atoms with Gasteiger partial charge < -0.3 is 4.98 Å². The Balaban J connectivity index is 0.000000720. The van der Waals surface area contributed by atoms with Gasteiger partial charge in [0.05, 0.1) is 17.2 Å². The van der Waals surface area contributed by atoms with Gasteiger partial charge in [0.2, 0.25) is 0 Å². The Morgan fingerprint density at radius 2 is 2.00 bits per heavy atom. The molecule has 1 heterocycles. The van der Waals surface area contributed by atoms with E-state index in [1.165, 1.54) is 6.33 Å². The van der Waals surface area contributed by atoms with Gasteiger partial charge in [-0.25, -0.2) is 4.98 Å². The van der Waals surface area contributed by atoms with Crippen molar-refractivity contribution in [2.75, 3.05) is 0 Å². The SMILES string of the molecule is O=c1[nH]cnc2ccccc12.[NaH]. The first-order chi connectivity index (χ1) is 5.38. The molecule has 4 heteroatoms. The number of H-pyrrole nitrogens is 1. The van der Waals surface area contributed by atoms with E-state index in [1.807, 2.05) is 18.2 Å². The molecule has 0 saturated carbocycles. The van der Waals surface area contributed by atoms with E-state index < -0.39 is 0 Å². The van der Waals surface area contributed by atoms with E-state index in [1.54, 1.807) is 6.07 Å². The maximum atomic E-state index is 11.1. The van der Waals surface area contributed by atoms with Crippen molar-refractivity contribution in [3.8, 4) is 0 Å². The zero-order valence-corrected chi connectivity index (χ0v) is 5.74. The summed E-state index contributed by atoms with van der Waals surface area (Å²) >= 11 is 0. The molecule has 0 amide bonds. The first-order valence-corrected chi connectivity index (χ1v) is 3.30. The number of para-hydroxylation sites is 1. The third-order valence-electron chi connectivity index (χ3n) is 1.55. The van der Waals surface area contributed by atoms with Crippen molar-refractivity contribution < 1.29 is 0 Å². The second kappa shape index (κ2) is 3.85. The average molecular weight is 170 g/mol. The van der Waals surface area contributed by atoms with E-state index in [9.17, 15) is 4.79 Å². The summed E-state index contributed by atoms with van der Waals surface area (Å²) < 4.78 is 0. The molecule has 2 rings (SSSR count). The monoisotopic (exact) mass is 170 g/mol. The minimum atomic E-state index is -0.0874. The second-order valence-corrected chi connectivity index (χ2v) is 2.25. The fraction of sp³-hybridized carbons (Fsp3) is 0. The maximum absolute atomic E-state index is 11.1. The molecule has 0 atom stereocenters. The summed E-state index contributed by atoms with van der Waals surface area (Å²) in [7, 11) is 0. The van der Waals surface area contributed by atoms with Gasteiger partial charge in [0.25, 0.3) is 5.56 Å². The number of aromatic nitrogens is 2. The number of aromatic amines is 1. The van der Waals surface area contributed by atoms with Crippen LogP contribution in [0.1, 0.15) is 0 Å². The Morgan fingerprint density at radius 3 is 2.75 bits per heavy atom. The van der Waals surface area contributed by atoms with Gasteiger partial charge in [-0.1, -0.05) is 12.1 Å². The van der Waals surface area contributed by atoms with Crippen LogP contribution < -0.4 is 5.56 Å². The van der Waals surface area contributed by atoms with Crippen molar-refractivity contribution in [1.82, 2.24) is 9.97 Å². The molecular weight excluding hydrogens is 163 g/mol. The third kappa shape index (κ3) is 1.58. The zero-order valence-electron chi connectivity index (χ0n) is 5.74. The van der Waals surface area contributed by atoms with Crippen molar-refractivity contribution in [3.05, 3.63) is 40.9 Å². The van der Waals surface area contributed by atoms with Crippen molar-refractivity contribution >= 4 is 40.5 Å². The van der Waals surface area contributed by atoms with Gasteiger partial charge in [-0.2, -0.15) is 0 Å². The molecule has 12 heavy (non-hydrogen) atoms. The molecule has 0 bridgehead atoms. The predicted octanol–water partition coefficient (Wildman–Crippen LogP) is 0.275. The molecule has 0 aliphatic carbocycles. The standard InChI is InChI=1S/C8H6N2O.Na.H/c11-8-6-3-1-2-4-7(6)9-5-10-8;;/h1-5H,(H,9,10,11);;. The van der Waals surface area contributed by atoms with Crippen LogP contribution >= 0.6 is 0 Å². The van der Waals surface area contributed by atoms with Gasteiger partial charge >= 0.3 is 29.6 Å². The number of rotatable bonds is 0. The fourth-order valence-electron chi connectivity index (χ4n) is 1.02. The molecule has 1 N–H and O–H groups in total. The molecule has 2 aromatic rings. The molecule has 0 fully saturated rings. The molecular formula is C8H7N2NaO. The Labute approximate surface area is 91.1 Å². The topological polar surface area (TPSA) is 45.8 Å². The number of nitrogens with zero attached hydrogens (tertiary/aromatic N) is 1. The molecule has 0 radical (unpaired) electrons. The first-order valence-electron chi connectivity index (χ1n) is 3.30. The number of hydrogen-bond donors (Lipinski definition) is 1. The van der Waals surface area contributed by atoms with Gasteiger partial charge in [0, 0.05) is 0 Å². The van der Waals surface area contributed by atoms with Crippen molar-refractivity contribution in [2.24, 2.45) is 0 Å². The molecule has 0 unspecified atom stereocenters. The Hall–Kier alpha value is -0.640. The fourth-order valence-corrected chi connectivity index (χ4v) is 1.02. The van der Waals surface area contributed by atoms with Crippen molar-refractivity contribution in [2.45, 2.75) is 0 Å². The second-order valence-electron chi connectivity index (χ2n) is 2.25. The van der Waals surface area contributed by atoms with E-state index >= 15 is 0 Å². The van der Waals surface area contributed by atoms with Crippen LogP contribution in [0, 0.1) is 0 Å². The number of benzene rings is 1. The van der Waals surface area contributed by atoms with Crippen LogP contribution in [0.5, 0.6) is 0 Å². The quantitative estimate of drug-likeness (QED) is 0.577. The molecule has 56 valence electrons. The Kier molecular flexibility index (Phi) is 3.03. The van der Waals surface area contributed by atoms with Gasteiger partial charge in [0.1, 0.15) is 0 Å². The molecule has 0 aliphatic rings. The van der Waals surface area contributed by atoms with E-state index in [4.69, 9.17) is 0 Å². The van der Waals surface area contributed by atoms with Crippen LogP contribution in [0.3, 0.4) is 0 Å². The minimum absolute atomic E-state index is 0. The predicted molar refractivity (Wildman–Crippen MR) is 49.5 cm³/mol. The zero-order chi connectivity index (χ0) is 7.68. The number of nitrogens with one attached hydrogen (secondary N) is 1. The Bertz CT molecular complexity index is 433. The van der Waals surface area contributed by atoms with E-state index in [-0.39, 0.29) is 35.1 Å². The van der Waals surface area contributed by atoms with Gasteiger partial charge in [0.15, 0.2) is 0 Å². The van der Waals surface area contributed by atoms with Gasteiger partial charge in [-0.15, -0.1) is 0 Å². The summed E-state index contributed by atoms with van der Waals surface area (Å²) in [5, 5.41) is 0.634. The first kappa shape index (κ1) is 9.45. The third-order valence-corrected chi connectivity index (χ3v) is 1.55. The van der Waals surface area contributed by atoms with E-state index in [0.717, 1.165) is 5.52 Å². The number of hydrogen-bond acceptors (Lipinski definition) is 2. The van der Waals surface area contributed by atoms with Crippen LogP contribution in [0.4, 0.5) is 0 Å². The number of fused-ring (bicyclic) bond motifs is 1. The summed E-state index contributed by atoms with van der Waals surface area (Å²) in [5.41, 5.74) is 0.645. The van der Waals surface area contributed by atoms with Crippen molar-refractivity contribution in [1.29, 1.82) is 0 Å².